The summed E-state index contributed by atoms with van der Waals surface area (Å²) in [7, 11) is 1.78. The van der Waals surface area contributed by atoms with Gasteiger partial charge in [-0.15, -0.1) is 0 Å². The Balaban J connectivity index is 2.16. The van der Waals surface area contributed by atoms with Gasteiger partial charge in [0.25, 0.3) is 5.91 Å². The van der Waals surface area contributed by atoms with Gasteiger partial charge in [0.15, 0.2) is 0 Å². The fraction of sp³-hybridized carbons (Fsp3) is 0.188. The van der Waals surface area contributed by atoms with Crippen molar-refractivity contribution in [2.75, 3.05) is 7.05 Å². The monoisotopic (exact) mass is 307 g/mol. The van der Waals surface area contributed by atoms with Gasteiger partial charge in [-0.1, -0.05) is 47.5 Å². The normalized spacial score (nSPS) is 10.4. The van der Waals surface area contributed by atoms with Crippen LogP contribution in [0.4, 0.5) is 0 Å². The fourth-order valence-corrected chi connectivity index (χ4v) is 2.26. The first-order valence-corrected chi connectivity index (χ1v) is 6.99. The summed E-state index contributed by atoms with van der Waals surface area (Å²) in [6.45, 7) is 2.60. The molecule has 0 N–H and O–H groups in total. The summed E-state index contributed by atoms with van der Waals surface area (Å²) in [5.74, 6) is -0.0770. The molecule has 0 unspecified atom stereocenters. The first kappa shape index (κ1) is 14.9. The molecule has 0 aliphatic carbocycles. The number of carbonyl (C=O) groups excluding carboxylic acids is 1. The molecule has 0 bridgehead atoms. The number of rotatable bonds is 3. The van der Waals surface area contributed by atoms with Crippen molar-refractivity contribution in [1.29, 1.82) is 0 Å². The van der Waals surface area contributed by atoms with E-state index in [9.17, 15) is 4.79 Å². The molecule has 104 valence electrons. The van der Waals surface area contributed by atoms with Crippen LogP contribution in [0.5, 0.6) is 0 Å². The van der Waals surface area contributed by atoms with Gasteiger partial charge in [0.2, 0.25) is 0 Å². The van der Waals surface area contributed by atoms with E-state index >= 15 is 0 Å². The SMILES string of the molecule is Cc1ccccc1CN(C)C(=O)c1ccc(Cl)c(Cl)c1. The second-order valence-corrected chi connectivity index (χ2v) is 5.53. The van der Waals surface area contributed by atoms with E-state index in [-0.39, 0.29) is 5.91 Å². The summed E-state index contributed by atoms with van der Waals surface area (Å²) < 4.78 is 0. The zero-order chi connectivity index (χ0) is 14.7. The molecular weight excluding hydrogens is 293 g/mol. The molecule has 2 aromatic rings. The van der Waals surface area contributed by atoms with Crippen molar-refractivity contribution in [3.63, 3.8) is 0 Å². The summed E-state index contributed by atoms with van der Waals surface area (Å²) in [6, 6.07) is 12.9. The third-order valence-electron chi connectivity index (χ3n) is 3.18. The summed E-state index contributed by atoms with van der Waals surface area (Å²) in [6.07, 6.45) is 0. The van der Waals surface area contributed by atoms with E-state index in [4.69, 9.17) is 23.2 Å². The molecule has 0 saturated heterocycles. The minimum Gasteiger partial charge on any atom is -0.337 e. The van der Waals surface area contributed by atoms with Crippen LogP contribution in [0.15, 0.2) is 42.5 Å². The van der Waals surface area contributed by atoms with E-state index in [0.29, 0.717) is 22.2 Å². The molecule has 2 rings (SSSR count). The maximum absolute atomic E-state index is 12.3. The molecule has 0 heterocycles. The number of amides is 1. The van der Waals surface area contributed by atoms with Gasteiger partial charge in [-0.2, -0.15) is 0 Å². The number of carbonyl (C=O) groups is 1. The van der Waals surface area contributed by atoms with Crippen LogP contribution < -0.4 is 0 Å². The maximum atomic E-state index is 12.3. The summed E-state index contributed by atoms with van der Waals surface area (Å²) in [5, 5.41) is 0.839. The van der Waals surface area contributed by atoms with Crippen LogP contribution in [0, 0.1) is 6.92 Å². The van der Waals surface area contributed by atoms with Crippen molar-refractivity contribution in [3.8, 4) is 0 Å². The lowest BCUT2D eigenvalue weighted by Crippen LogP contribution is -2.26. The molecule has 0 aromatic heterocycles. The van der Waals surface area contributed by atoms with Crippen molar-refractivity contribution in [2.45, 2.75) is 13.5 Å². The molecule has 0 fully saturated rings. The molecular formula is C16H15Cl2NO. The Morgan fingerprint density at radius 3 is 2.45 bits per heavy atom. The molecule has 20 heavy (non-hydrogen) atoms. The van der Waals surface area contributed by atoms with Crippen molar-refractivity contribution in [1.82, 2.24) is 4.90 Å². The molecule has 0 aliphatic rings. The average molecular weight is 308 g/mol. The summed E-state index contributed by atoms with van der Waals surface area (Å²) in [5.41, 5.74) is 2.83. The smallest absolute Gasteiger partial charge is 0.253 e. The lowest BCUT2D eigenvalue weighted by Gasteiger charge is -2.18. The Morgan fingerprint density at radius 2 is 1.80 bits per heavy atom. The third-order valence-corrected chi connectivity index (χ3v) is 3.92. The van der Waals surface area contributed by atoms with E-state index in [2.05, 4.69) is 0 Å². The van der Waals surface area contributed by atoms with Gasteiger partial charge < -0.3 is 4.90 Å². The highest BCUT2D eigenvalue weighted by Crippen LogP contribution is 2.23. The van der Waals surface area contributed by atoms with E-state index in [1.807, 2.05) is 31.2 Å². The molecule has 1 amide bonds. The largest absolute Gasteiger partial charge is 0.337 e. The van der Waals surface area contributed by atoms with Gasteiger partial charge in [-0.05, 0) is 36.2 Å². The molecule has 4 heteroatoms. The highest BCUT2D eigenvalue weighted by atomic mass is 35.5. The van der Waals surface area contributed by atoms with Gasteiger partial charge >= 0.3 is 0 Å². The molecule has 2 nitrogen and oxygen atoms in total. The van der Waals surface area contributed by atoms with E-state index in [1.165, 1.54) is 5.56 Å². The highest BCUT2D eigenvalue weighted by molar-refractivity contribution is 6.42. The van der Waals surface area contributed by atoms with Gasteiger partial charge in [0.1, 0.15) is 0 Å². The molecule has 0 aliphatic heterocycles. The van der Waals surface area contributed by atoms with Crippen LogP contribution in [0.2, 0.25) is 10.0 Å². The van der Waals surface area contributed by atoms with Crippen LogP contribution in [0.25, 0.3) is 0 Å². The topological polar surface area (TPSA) is 20.3 Å². The number of benzene rings is 2. The van der Waals surface area contributed by atoms with E-state index < -0.39 is 0 Å². The van der Waals surface area contributed by atoms with Crippen LogP contribution in [0.3, 0.4) is 0 Å². The molecule has 2 aromatic carbocycles. The van der Waals surface area contributed by atoms with E-state index in [1.54, 1.807) is 30.1 Å². The first-order chi connectivity index (χ1) is 9.49. The Kier molecular flexibility index (Phi) is 4.69. The van der Waals surface area contributed by atoms with Crippen molar-refractivity contribution < 1.29 is 4.79 Å². The molecule has 0 spiro atoms. The van der Waals surface area contributed by atoms with E-state index in [0.717, 1.165) is 5.56 Å². The average Bonchev–Trinajstić information content (AvgIpc) is 2.43. The highest BCUT2D eigenvalue weighted by Gasteiger charge is 2.14. The summed E-state index contributed by atoms with van der Waals surface area (Å²) >= 11 is 11.8. The Morgan fingerprint density at radius 1 is 1.10 bits per heavy atom. The van der Waals surface area contributed by atoms with Gasteiger partial charge in [0, 0.05) is 19.2 Å². The molecule has 0 atom stereocenters. The summed E-state index contributed by atoms with van der Waals surface area (Å²) in [4.78, 5) is 14.0. The Labute approximate surface area is 128 Å². The van der Waals surface area contributed by atoms with Crippen LogP contribution in [0.1, 0.15) is 21.5 Å². The Hall–Kier alpha value is -1.51. The standard InChI is InChI=1S/C16H15Cl2NO/c1-11-5-3-4-6-13(11)10-19(2)16(20)12-7-8-14(17)15(18)9-12/h3-9H,10H2,1-2H3. The van der Waals surface area contributed by atoms with Crippen molar-refractivity contribution in [2.24, 2.45) is 0 Å². The quantitative estimate of drug-likeness (QED) is 0.813. The molecule has 0 saturated carbocycles. The third kappa shape index (κ3) is 3.33. The second kappa shape index (κ2) is 6.29. The van der Waals surface area contributed by atoms with Crippen LogP contribution in [-0.2, 0) is 6.54 Å². The minimum absolute atomic E-state index is 0.0770. The number of nitrogens with zero attached hydrogens (tertiary/aromatic N) is 1. The number of aryl methyl sites for hydroxylation is 1. The number of hydrogen-bond donors (Lipinski definition) is 0. The van der Waals surface area contributed by atoms with Crippen molar-refractivity contribution >= 4 is 29.1 Å². The lowest BCUT2D eigenvalue weighted by molar-refractivity contribution is 0.0785. The minimum atomic E-state index is -0.0770. The first-order valence-electron chi connectivity index (χ1n) is 6.24. The number of halogens is 2. The van der Waals surface area contributed by atoms with Gasteiger partial charge in [0.05, 0.1) is 10.0 Å². The predicted octanol–water partition coefficient (Wildman–Crippen LogP) is 4.57. The Bertz CT molecular complexity index is 640. The zero-order valence-electron chi connectivity index (χ0n) is 11.4. The second-order valence-electron chi connectivity index (χ2n) is 4.72. The van der Waals surface area contributed by atoms with Crippen LogP contribution >= 0.6 is 23.2 Å². The fourth-order valence-electron chi connectivity index (χ4n) is 1.96. The van der Waals surface area contributed by atoms with Crippen LogP contribution in [-0.4, -0.2) is 17.9 Å². The number of hydrogen-bond acceptors (Lipinski definition) is 1. The molecule has 0 radical (unpaired) electrons. The lowest BCUT2D eigenvalue weighted by atomic mass is 10.1. The van der Waals surface area contributed by atoms with Crippen molar-refractivity contribution in [3.05, 3.63) is 69.2 Å². The maximum Gasteiger partial charge on any atom is 0.253 e. The predicted molar refractivity (Wildman–Crippen MR) is 83.4 cm³/mol. The van der Waals surface area contributed by atoms with Gasteiger partial charge in [-0.3, -0.25) is 4.79 Å². The zero-order valence-corrected chi connectivity index (χ0v) is 12.9. The van der Waals surface area contributed by atoms with Gasteiger partial charge in [-0.25, -0.2) is 0 Å².